The molecule has 0 radical (unpaired) electrons. The third kappa shape index (κ3) is 4.56. The molecule has 52 valence electrons. The first-order valence-corrected chi connectivity index (χ1v) is 2.19. The summed E-state index contributed by atoms with van der Waals surface area (Å²) in [7, 11) is 0. The molecule has 0 spiro atoms. The number of carbonyl (C=O) groups excluding carboxylic acids is 2. The summed E-state index contributed by atoms with van der Waals surface area (Å²) in [6.07, 6.45) is 0. The molecule has 0 rings (SSSR count). The van der Waals surface area contributed by atoms with Crippen molar-refractivity contribution in [3.8, 4) is 0 Å². The van der Waals surface area contributed by atoms with Crippen molar-refractivity contribution in [1.29, 1.82) is 0 Å². The fourth-order valence-electron chi connectivity index (χ4n) is 0.218. The van der Waals surface area contributed by atoms with E-state index in [1.165, 1.54) is 0 Å². The van der Waals surface area contributed by atoms with E-state index < -0.39 is 11.9 Å². The summed E-state index contributed by atoms with van der Waals surface area (Å²) in [6, 6.07) is -0.631. The quantitative estimate of drug-likeness (QED) is 0.192. The number of carbonyl (C=O) groups is 2. The number of urea groups is 1. The van der Waals surface area contributed by atoms with Gasteiger partial charge in [0.2, 0.25) is 5.91 Å². The van der Waals surface area contributed by atoms with Crippen molar-refractivity contribution in [3.05, 3.63) is 0 Å². The molecule has 6 N–H and O–H groups in total. The van der Waals surface area contributed by atoms with Crippen LogP contribution >= 0.6 is 0 Å². The zero-order chi connectivity index (χ0) is 7.28. The zero-order valence-electron chi connectivity index (χ0n) is 4.68. The SMILES string of the molecule is NNC(=O)NCC(N)=O. The Morgan fingerprint density at radius 1 is 1.44 bits per heavy atom. The minimum absolute atomic E-state index is 0.205. The van der Waals surface area contributed by atoms with E-state index in [0.717, 1.165) is 0 Å². The zero-order valence-corrected chi connectivity index (χ0v) is 4.68. The molecule has 0 aromatic heterocycles. The highest BCUT2D eigenvalue weighted by Crippen LogP contribution is 1.57. The van der Waals surface area contributed by atoms with Crippen molar-refractivity contribution in [1.82, 2.24) is 10.7 Å². The van der Waals surface area contributed by atoms with Gasteiger partial charge < -0.3 is 11.1 Å². The molecule has 0 fully saturated rings. The molecule has 0 aliphatic heterocycles. The number of hydrogen-bond donors (Lipinski definition) is 4. The standard InChI is InChI=1S/C3H8N4O2/c4-2(8)1-6-3(9)7-5/h1,5H2,(H2,4,8)(H2,6,7,9). The summed E-state index contributed by atoms with van der Waals surface area (Å²) in [5.74, 6) is 4.03. The van der Waals surface area contributed by atoms with Gasteiger partial charge >= 0.3 is 6.03 Å². The van der Waals surface area contributed by atoms with Crippen molar-refractivity contribution >= 4 is 11.9 Å². The fraction of sp³-hybridized carbons (Fsp3) is 0.333. The van der Waals surface area contributed by atoms with Crippen LogP contribution in [0.5, 0.6) is 0 Å². The Bertz CT molecular complexity index is 123. The molecular formula is C3H8N4O2. The van der Waals surface area contributed by atoms with Crippen molar-refractivity contribution in [2.45, 2.75) is 0 Å². The first-order chi connectivity index (χ1) is 4.16. The summed E-state index contributed by atoms with van der Waals surface area (Å²) >= 11 is 0. The number of hydrazine groups is 1. The normalized spacial score (nSPS) is 8.11. The Labute approximate surface area is 51.5 Å². The van der Waals surface area contributed by atoms with Gasteiger partial charge in [-0.15, -0.1) is 0 Å². The Hall–Kier alpha value is -1.30. The average molecular weight is 132 g/mol. The van der Waals surface area contributed by atoms with Crippen LogP contribution in [0.3, 0.4) is 0 Å². The van der Waals surface area contributed by atoms with E-state index in [1.54, 1.807) is 5.43 Å². The van der Waals surface area contributed by atoms with Crippen molar-refractivity contribution < 1.29 is 9.59 Å². The predicted molar refractivity (Wildman–Crippen MR) is 29.9 cm³/mol. The van der Waals surface area contributed by atoms with Gasteiger partial charge in [0.1, 0.15) is 0 Å². The molecule has 0 bridgehead atoms. The Kier molecular flexibility index (Phi) is 3.14. The molecular weight excluding hydrogens is 124 g/mol. The molecule has 0 aromatic carbocycles. The molecule has 6 heteroatoms. The molecule has 0 saturated carbocycles. The number of nitrogens with one attached hydrogen (secondary N) is 2. The average Bonchev–Trinajstić information content (AvgIpc) is 1.83. The molecule has 0 aliphatic rings. The minimum atomic E-state index is -0.631. The summed E-state index contributed by atoms with van der Waals surface area (Å²) in [6.45, 7) is -0.205. The lowest BCUT2D eigenvalue weighted by molar-refractivity contribution is -0.117. The number of primary amides is 1. The molecule has 3 amide bonds. The summed E-state index contributed by atoms with van der Waals surface area (Å²) in [5.41, 5.74) is 6.44. The third-order valence-electron chi connectivity index (χ3n) is 0.554. The predicted octanol–water partition coefficient (Wildman–Crippen LogP) is -2.36. The first-order valence-electron chi connectivity index (χ1n) is 2.19. The van der Waals surface area contributed by atoms with Gasteiger partial charge in [0.25, 0.3) is 0 Å². The molecule has 0 unspecified atom stereocenters. The minimum Gasteiger partial charge on any atom is -0.368 e. The van der Waals surface area contributed by atoms with Crippen molar-refractivity contribution in [2.75, 3.05) is 6.54 Å². The van der Waals surface area contributed by atoms with Crippen LogP contribution in [0.1, 0.15) is 0 Å². The van der Waals surface area contributed by atoms with Crippen LogP contribution in [-0.2, 0) is 4.79 Å². The van der Waals surface area contributed by atoms with Crippen LogP contribution in [-0.4, -0.2) is 18.5 Å². The van der Waals surface area contributed by atoms with E-state index in [4.69, 9.17) is 0 Å². The smallest absolute Gasteiger partial charge is 0.329 e. The number of rotatable bonds is 2. The Morgan fingerprint density at radius 3 is 2.33 bits per heavy atom. The summed E-state index contributed by atoms with van der Waals surface area (Å²) < 4.78 is 0. The van der Waals surface area contributed by atoms with Gasteiger partial charge in [-0.2, -0.15) is 0 Å². The Morgan fingerprint density at radius 2 is 2.00 bits per heavy atom. The monoisotopic (exact) mass is 132 g/mol. The highest BCUT2D eigenvalue weighted by molar-refractivity contribution is 5.82. The maximum atomic E-state index is 10.2. The largest absolute Gasteiger partial charge is 0.368 e. The van der Waals surface area contributed by atoms with E-state index >= 15 is 0 Å². The second-order valence-electron chi connectivity index (χ2n) is 1.29. The van der Waals surface area contributed by atoms with Gasteiger partial charge in [-0.25, -0.2) is 10.6 Å². The van der Waals surface area contributed by atoms with Gasteiger partial charge in [-0.3, -0.25) is 10.2 Å². The van der Waals surface area contributed by atoms with Crippen LogP contribution in [0, 0.1) is 0 Å². The van der Waals surface area contributed by atoms with Gasteiger partial charge in [0, 0.05) is 0 Å². The molecule has 0 aromatic rings. The number of nitrogens with two attached hydrogens (primary N) is 2. The third-order valence-corrected chi connectivity index (χ3v) is 0.554. The topological polar surface area (TPSA) is 110 Å². The van der Waals surface area contributed by atoms with Gasteiger partial charge in [0.15, 0.2) is 0 Å². The van der Waals surface area contributed by atoms with Crippen LogP contribution in [0.4, 0.5) is 4.79 Å². The van der Waals surface area contributed by atoms with E-state index in [2.05, 4.69) is 16.9 Å². The lowest BCUT2D eigenvalue weighted by atomic mass is 10.6. The van der Waals surface area contributed by atoms with Crippen LogP contribution in [0.25, 0.3) is 0 Å². The fourth-order valence-corrected chi connectivity index (χ4v) is 0.218. The summed E-state index contributed by atoms with van der Waals surface area (Å²) in [5, 5.41) is 2.08. The first kappa shape index (κ1) is 7.70. The molecule has 0 aliphatic carbocycles. The van der Waals surface area contributed by atoms with Crippen LogP contribution < -0.4 is 22.3 Å². The van der Waals surface area contributed by atoms with Crippen LogP contribution in [0.2, 0.25) is 0 Å². The van der Waals surface area contributed by atoms with Gasteiger partial charge in [-0.05, 0) is 0 Å². The van der Waals surface area contributed by atoms with Gasteiger partial charge in [0.05, 0.1) is 6.54 Å². The lowest BCUT2D eigenvalue weighted by Crippen LogP contribution is -2.43. The van der Waals surface area contributed by atoms with E-state index in [1.807, 2.05) is 0 Å². The molecule has 0 saturated heterocycles. The van der Waals surface area contributed by atoms with E-state index in [-0.39, 0.29) is 6.54 Å². The van der Waals surface area contributed by atoms with E-state index in [9.17, 15) is 9.59 Å². The molecule has 9 heavy (non-hydrogen) atoms. The highest BCUT2D eigenvalue weighted by Gasteiger charge is 1.96. The second-order valence-corrected chi connectivity index (χ2v) is 1.29. The highest BCUT2D eigenvalue weighted by atomic mass is 16.2. The molecule has 0 atom stereocenters. The van der Waals surface area contributed by atoms with Crippen molar-refractivity contribution in [3.63, 3.8) is 0 Å². The second kappa shape index (κ2) is 3.67. The Balaban J connectivity index is 3.28. The lowest BCUT2D eigenvalue weighted by Gasteiger charge is -1.98. The van der Waals surface area contributed by atoms with Crippen LogP contribution in [0.15, 0.2) is 0 Å². The maximum absolute atomic E-state index is 10.2. The van der Waals surface area contributed by atoms with Gasteiger partial charge in [-0.1, -0.05) is 0 Å². The number of hydrogen-bond acceptors (Lipinski definition) is 3. The number of amides is 3. The van der Waals surface area contributed by atoms with Crippen molar-refractivity contribution in [2.24, 2.45) is 11.6 Å². The summed E-state index contributed by atoms with van der Waals surface area (Å²) in [4.78, 5) is 20.1. The molecule has 6 nitrogen and oxygen atoms in total. The molecule has 0 heterocycles. The maximum Gasteiger partial charge on any atom is 0.329 e. The van der Waals surface area contributed by atoms with E-state index in [0.29, 0.717) is 0 Å².